The zero-order chi connectivity index (χ0) is 18.8. The zero-order valence-electron chi connectivity index (χ0n) is 13.5. The Morgan fingerprint density at radius 1 is 1.15 bits per heavy atom. The number of phenols is 1. The molecule has 1 aliphatic heterocycles. The molecular weight excluding hydrogens is 342 g/mol. The first-order chi connectivity index (χ1) is 12.4. The number of imide groups is 1. The van der Waals surface area contributed by atoms with E-state index in [1.165, 1.54) is 43.5 Å². The summed E-state index contributed by atoms with van der Waals surface area (Å²) in [7, 11) is 1.49. The summed E-state index contributed by atoms with van der Waals surface area (Å²) in [5, 5.41) is 18.5. The second-order valence-corrected chi connectivity index (χ2v) is 5.30. The topological polar surface area (TPSA) is 113 Å². The lowest BCUT2D eigenvalue weighted by atomic mass is 10.1. The first kappa shape index (κ1) is 17.0. The minimum Gasteiger partial charge on any atom is -0.507 e. The number of rotatable bonds is 4. The van der Waals surface area contributed by atoms with Crippen molar-refractivity contribution in [3.8, 4) is 11.5 Å². The van der Waals surface area contributed by atoms with Crippen LogP contribution in [-0.2, 0) is 9.53 Å². The van der Waals surface area contributed by atoms with Crippen molar-refractivity contribution in [2.45, 2.75) is 0 Å². The Bertz CT molecular complexity index is 931. The predicted molar refractivity (Wildman–Crippen MR) is 90.0 cm³/mol. The fraction of sp³-hybridized carbons (Fsp3) is 0.0556. The molecule has 8 heteroatoms. The third-order valence-electron chi connectivity index (χ3n) is 3.67. The molecule has 0 spiro atoms. The Hall–Kier alpha value is -3.81. The average Bonchev–Trinajstić information content (AvgIpc) is 2.90. The number of carboxylic acid groups (broad SMARTS) is 1. The molecule has 1 aliphatic rings. The largest absolute Gasteiger partial charge is 0.507 e. The Kier molecular flexibility index (Phi) is 4.32. The highest BCUT2D eigenvalue weighted by atomic mass is 16.6. The first-order valence-electron chi connectivity index (χ1n) is 7.39. The summed E-state index contributed by atoms with van der Waals surface area (Å²) in [6.07, 6.45) is 0.360. The summed E-state index contributed by atoms with van der Waals surface area (Å²) in [4.78, 5) is 36.4. The van der Waals surface area contributed by atoms with Crippen molar-refractivity contribution in [1.82, 2.24) is 0 Å². The van der Waals surface area contributed by atoms with Crippen LogP contribution in [0.25, 0.3) is 6.08 Å². The number of nitrogens with zero attached hydrogens (tertiary/aromatic N) is 1. The Morgan fingerprint density at radius 3 is 2.46 bits per heavy atom. The molecule has 2 aromatic rings. The number of aromatic hydroxyl groups is 1. The van der Waals surface area contributed by atoms with Crippen LogP contribution >= 0.6 is 0 Å². The van der Waals surface area contributed by atoms with Gasteiger partial charge in [-0.05, 0) is 48.0 Å². The SMILES string of the molecule is COc1ccc(N2C(=O)OC(=Cc3ccc(O)c(C(=O)O)c3)C2=O)cc1. The van der Waals surface area contributed by atoms with Gasteiger partial charge in [-0.3, -0.25) is 4.79 Å². The van der Waals surface area contributed by atoms with Crippen molar-refractivity contribution in [3.63, 3.8) is 0 Å². The third-order valence-corrected chi connectivity index (χ3v) is 3.67. The minimum atomic E-state index is -1.32. The normalized spacial score (nSPS) is 15.3. The summed E-state index contributed by atoms with van der Waals surface area (Å²) < 4.78 is 10.0. The lowest BCUT2D eigenvalue weighted by Crippen LogP contribution is -2.28. The summed E-state index contributed by atoms with van der Waals surface area (Å²) >= 11 is 0. The summed E-state index contributed by atoms with van der Waals surface area (Å²) in [5.41, 5.74) is 0.261. The maximum atomic E-state index is 12.5. The fourth-order valence-electron chi connectivity index (χ4n) is 2.39. The molecule has 132 valence electrons. The van der Waals surface area contributed by atoms with Gasteiger partial charge in [0.2, 0.25) is 0 Å². The molecule has 8 nitrogen and oxygen atoms in total. The highest BCUT2D eigenvalue weighted by molar-refractivity contribution is 6.24. The summed E-state index contributed by atoms with van der Waals surface area (Å²) in [6.45, 7) is 0. The van der Waals surface area contributed by atoms with Gasteiger partial charge < -0.3 is 19.7 Å². The number of carbonyl (C=O) groups is 3. The van der Waals surface area contributed by atoms with Crippen LogP contribution in [0.2, 0.25) is 0 Å². The van der Waals surface area contributed by atoms with Gasteiger partial charge in [0.25, 0.3) is 0 Å². The average molecular weight is 355 g/mol. The van der Waals surface area contributed by atoms with Gasteiger partial charge in [0.05, 0.1) is 12.8 Å². The van der Waals surface area contributed by atoms with Gasteiger partial charge in [-0.1, -0.05) is 6.07 Å². The number of hydrogen-bond donors (Lipinski definition) is 2. The van der Waals surface area contributed by atoms with Gasteiger partial charge in [-0.25, -0.2) is 14.5 Å². The molecule has 0 bridgehead atoms. The van der Waals surface area contributed by atoms with Crippen molar-refractivity contribution in [2.24, 2.45) is 0 Å². The van der Waals surface area contributed by atoms with E-state index in [1.807, 2.05) is 0 Å². The van der Waals surface area contributed by atoms with Crippen LogP contribution in [0.1, 0.15) is 15.9 Å². The molecule has 0 aliphatic carbocycles. The van der Waals surface area contributed by atoms with Crippen molar-refractivity contribution >= 4 is 29.7 Å². The third kappa shape index (κ3) is 3.07. The summed E-state index contributed by atoms with van der Waals surface area (Å²) in [5.74, 6) is -2.11. The van der Waals surface area contributed by atoms with Crippen LogP contribution in [0, 0.1) is 0 Å². The van der Waals surface area contributed by atoms with Crippen molar-refractivity contribution < 1.29 is 34.1 Å². The molecule has 1 fully saturated rings. The van der Waals surface area contributed by atoms with Gasteiger partial charge in [0, 0.05) is 0 Å². The van der Waals surface area contributed by atoms with Crippen LogP contribution in [0.4, 0.5) is 10.5 Å². The van der Waals surface area contributed by atoms with Crippen molar-refractivity contribution in [2.75, 3.05) is 12.0 Å². The van der Waals surface area contributed by atoms with E-state index >= 15 is 0 Å². The monoisotopic (exact) mass is 355 g/mol. The van der Waals surface area contributed by atoms with E-state index in [2.05, 4.69) is 0 Å². The van der Waals surface area contributed by atoms with Gasteiger partial charge in [-0.2, -0.15) is 0 Å². The minimum absolute atomic E-state index is 0.257. The quantitative estimate of drug-likeness (QED) is 0.810. The van der Waals surface area contributed by atoms with E-state index in [1.54, 1.807) is 12.1 Å². The van der Waals surface area contributed by atoms with Gasteiger partial charge in [-0.15, -0.1) is 0 Å². The molecule has 2 amide bonds. The maximum absolute atomic E-state index is 12.5. The van der Waals surface area contributed by atoms with Crippen LogP contribution < -0.4 is 9.64 Å². The number of aromatic carboxylic acids is 1. The number of amides is 2. The Labute approximate surface area is 147 Å². The smallest absolute Gasteiger partial charge is 0.427 e. The van der Waals surface area contributed by atoms with E-state index in [4.69, 9.17) is 14.6 Å². The number of benzene rings is 2. The molecule has 0 atom stereocenters. The molecule has 2 aromatic carbocycles. The van der Waals surface area contributed by atoms with Crippen LogP contribution in [0.5, 0.6) is 11.5 Å². The number of cyclic esters (lactones) is 1. The van der Waals surface area contributed by atoms with Crippen molar-refractivity contribution in [1.29, 1.82) is 0 Å². The van der Waals surface area contributed by atoms with Gasteiger partial charge >= 0.3 is 18.0 Å². The molecule has 2 N–H and O–H groups in total. The predicted octanol–water partition coefficient (Wildman–Crippen LogP) is 2.62. The standard InChI is InChI=1S/C18H13NO7/c1-25-12-5-3-11(4-6-12)19-16(21)15(26-18(19)24)9-10-2-7-14(20)13(8-10)17(22)23/h2-9,20H,1H3,(H,22,23). The molecular formula is C18H13NO7. The van der Waals surface area contributed by atoms with E-state index in [9.17, 15) is 19.5 Å². The number of ether oxygens (including phenoxy) is 2. The second kappa shape index (κ2) is 6.60. The number of carboxylic acids is 1. The molecule has 1 saturated heterocycles. The van der Waals surface area contributed by atoms with Crippen LogP contribution in [-0.4, -0.2) is 35.3 Å². The number of methoxy groups -OCH3 is 1. The Balaban J connectivity index is 1.92. The lowest BCUT2D eigenvalue weighted by molar-refractivity contribution is -0.114. The lowest BCUT2D eigenvalue weighted by Gasteiger charge is -2.10. The maximum Gasteiger partial charge on any atom is 0.427 e. The molecule has 0 radical (unpaired) electrons. The first-order valence-corrected chi connectivity index (χ1v) is 7.39. The Morgan fingerprint density at radius 2 is 1.85 bits per heavy atom. The van der Waals surface area contributed by atoms with Crippen LogP contribution in [0.15, 0.2) is 48.2 Å². The van der Waals surface area contributed by atoms with E-state index in [0.717, 1.165) is 4.90 Å². The fourth-order valence-corrected chi connectivity index (χ4v) is 2.39. The van der Waals surface area contributed by atoms with Crippen LogP contribution in [0.3, 0.4) is 0 Å². The highest BCUT2D eigenvalue weighted by Gasteiger charge is 2.37. The molecule has 0 saturated carbocycles. The second-order valence-electron chi connectivity index (χ2n) is 5.30. The molecule has 1 heterocycles. The van der Waals surface area contributed by atoms with Gasteiger partial charge in [0.15, 0.2) is 5.76 Å². The number of hydrogen-bond acceptors (Lipinski definition) is 6. The van der Waals surface area contributed by atoms with Gasteiger partial charge in [0.1, 0.15) is 17.1 Å². The van der Waals surface area contributed by atoms with E-state index in [-0.39, 0.29) is 16.9 Å². The highest BCUT2D eigenvalue weighted by Crippen LogP contribution is 2.28. The van der Waals surface area contributed by atoms with E-state index < -0.39 is 23.7 Å². The van der Waals surface area contributed by atoms with E-state index in [0.29, 0.717) is 11.4 Å². The number of anilines is 1. The molecule has 0 aromatic heterocycles. The zero-order valence-corrected chi connectivity index (χ0v) is 13.5. The molecule has 3 rings (SSSR count). The summed E-state index contributed by atoms with van der Waals surface area (Å²) in [6, 6.07) is 9.99. The molecule has 0 unspecified atom stereocenters. The molecule has 26 heavy (non-hydrogen) atoms. The van der Waals surface area contributed by atoms with Crippen molar-refractivity contribution in [3.05, 3.63) is 59.4 Å². The number of carbonyl (C=O) groups excluding carboxylic acids is 2.